The summed E-state index contributed by atoms with van der Waals surface area (Å²) in [6, 6.07) is 10.9. The number of likely N-dealkylation sites (N-methyl/N-ethyl adjacent to an activating group) is 1. The van der Waals surface area contributed by atoms with Gasteiger partial charge in [0.25, 0.3) is 0 Å². The quantitative estimate of drug-likeness (QED) is 0.889. The van der Waals surface area contributed by atoms with E-state index in [9.17, 15) is 5.11 Å². The standard InChI is InChI=1S/C17H22N2OS/c1-19(2)16(17-4-3-9-21-17)11-18-15-8-5-12-10-13(20)6-7-14(12)15/h3-4,6-7,9-10,15-16,18,20H,5,8,11H2,1-2H3. The van der Waals surface area contributed by atoms with Gasteiger partial charge in [0.15, 0.2) is 0 Å². The molecule has 1 aliphatic carbocycles. The fourth-order valence-corrected chi connectivity index (χ4v) is 4.01. The molecule has 1 aromatic carbocycles. The normalized spacial score (nSPS) is 18.9. The third-order valence-electron chi connectivity index (χ3n) is 4.26. The van der Waals surface area contributed by atoms with Gasteiger partial charge >= 0.3 is 0 Å². The number of phenolic OH excluding ortho intramolecular Hbond substituents is 1. The van der Waals surface area contributed by atoms with Crippen molar-refractivity contribution in [3.8, 4) is 5.75 Å². The highest BCUT2D eigenvalue weighted by molar-refractivity contribution is 7.10. The van der Waals surface area contributed by atoms with Crippen molar-refractivity contribution in [2.45, 2.75) is 24.9 Å². The molecule has 112 valence electrons. The number of benzene rings is 1. The molecule has 3 rings (SSSR count). The van der Waals surface area contributed by atoms with Crippen molar-refractivity contribution < 1.29 is 5.11 Å². The van der Waals surface area contributed by atoms with Crippen LogP contribution in [0.4, 0.5) is 0 Å². The Hall–Kier alpha value is -1.36. The van der Waals surface area contributed by atoms with Crippen molar-refractivity contribution in [2.24, 2.45) is 0 Å². The van der Waals surface area contributed by atoms with Gasteiger partial charge in [-0.25, -0.2) is 0 Å². The lowest BCUT2D eigenvalue weighted by atomic mass is 10.1. The molecule has 1 aliphatic rings. The van der Waals surface area contributed by atoms with Gasteiger partial charge in [-0.3, -0.25) is 0 Å². The number of fused-ring (bicyclic) bond motifs is 1. The predicted octanol–water partition coefficient (Wildman–Crippen LogP) is 3.33. The van der Waals surface area contributed by atoms with Crippen LogP contribution in [0.2, 0.25) is 0 Å². The Balaban J connectivity index is 1.68. The number of hydrogen-bond acceptors (Lipinski definition) is 4. The first-order chi connectivity index (χ1) is 10.1. The number of nitrogens with zero attached hydrogens (tertiary/aromatic N) is 1. The highest BCUT2D eigenvalue weighted by Crippen LogP contribution is 2.34. The average molecular weight is 302 g/mol. The summed E-state index contributed by atoms with van der Waals surface area (Å²) in [6.45, 7) is 0.943. The minimum atomic E-state index is 0.374. The molecule has 3 nitrogen and oxygen atoms in total. The van der Waals surface area contributed by atoms with Crippen molar-refractivity contribution in [1.82, 2.24) is 10.2 Å². The van der Waals surface area contributed by atoms with Crippen LogP contribution in [0.3, 0.4) is 0 Å². The van der Waals surface area contributed by atoms with Crippen LogP contribution in [0.1, 0.15) is 34.5 Å². The summed E-state index contributed by atoms with van der Waals surface area (Å²) in [5.74, 6) is 0.374. The summed E-state index contributed by atoms with van der Waals surface area (Å²) in [5.41, 5.74) is 2.63. The van der Waals surface area contributed by atoms with E-state index in [1.54, 1.807) is 6.07 Å². The second kappa shape index (κ2) is 6.18. The molecule has 2 unspecified atom stereocenters. The molecular weight excluding hydrogens is 280 g/mol. The molecule has 0 amide bonds. The molecule has 0 aliphatic heterocycles. The Kier molecular flexibility index (Phi) is 4.29. The SMILES string of the molecule is CN(C)C(CNC1CCc2cc(O)ccc21)c1cccs1. The Labute approximate surface area is 130 Å². The Morgan fingerprint density at radius 2 is 2.24 bits per heavy atom. The molecule has 21 heavy (non-hydrogen) atoms. The highest BCUT2D eigenvalue weighted by Gasteiger charge is 2.24. The third kappa shape index (κ3) is 3.12. The molecule has 0 fully saturated rings. The lowest BCUT2D eigenvalue weighted by molar-refractivity contribution is 0.283. The molecule has 0 saturated heterocycles. The van der Waals surface area contributed by atoms with Crippen LogP contribution >= 0.6 is 11.3 Å². The van der Waals surface area contributed by atoms with Crippen LogP contribution in [0.5, 0.6) is 5.75 Å². The lowest BCUT2D eigenvalue weighted by Gasteiger charge is -2.26. The molecule has 0 bridgehead atoms. The first-order valence-corrected chi connectivity index (χ1v) is 8.28. The van der Waals surface area contributed by atoms with Crippen LogP contribution in [-0.2, 0) is 6.42 Å². The number of aryl methyl sites for hydroxylation is 1. The summed E-state index contributed by atoms with van der Waals surface area (Å²) in [6.07, 6.45) is 2.16. The van der Waals surface area contributed by atoms with Crippen molar-refractivity contribution in [2.75, 3.05) is 20.6 Å². The van der Waals surface area contributed by atoms with Gasteiger partial charge in [0.2, 0.25) is 0 Å². The summed E-state index contributed by atoms with van der Waals surface area (Å²) >= 11 is 1.81. The summed E-state index contributed by atoms with van der Waals surface area (Å²) < 4.78 is 0. The van der Waals surface area contributed by atoms with Crippen LogP contribution in [0.15, 0.2) is 35.7 Å². The second-order valence-electron chi connectivity index (χ2n) is 5.88. The van der Waals surface area contributed by atoms with E-state index in [4.69, 9.17) is 0 Å². The summed E-state index contributed by atoms with van der Waals surface area (Å²) in [7, 11) is 4.26. The maximum atomic E-state index is 9.57. The number of aromatic hydroxyl groups is 1. The highest BCUT2D eigenvalue weighted by atomic mass is 32.1. The van der Waals surface area contributed by atoms with Crippen LogP contribution < -0.4 is 5.32 Å². The zero-order valence-corrected chi connectivity index (χ0v) is 13.4. The largest absolute Gasteiger partial charge is 0.508 e. The minimum Gasteiger partial charge on any atom is -0.508 e. The molecule has 2 aromatic rings. The number of phenols is 1. The molecule has 0 saturated carbocycles. The number of nitrogens with one attached hydrogen (secondary N) is 1. The van der Waals surface area contributed by atoms with Crippen molar-refractivity contribution in [1.29, 1.82) is 0 Å². The van der Waals surface area contributed by atoms with E-state index in [2.05, 4.69) is 47.9 Å². The average Bonchev–Trinajstić information content (AvgIpc) is 3.08. The van der Waals surface area contributed by atoms with E-state index in [-0.39, 0.29) is 0 Å². The van der Waals surface area contributed by atoms with E-state index in [0.29, 0.717) is 17.8 Å². The van der Waals surface area contributed by atoms with Gasteiger partial charge in [-0.15, -0.1) is 11.3 Å². The van der Waals surface area contributed by atoms with E-state index >= 15 is 0 Å². The van der Waals surface area contributed by atoms with E-state index in [1.165, 1.54) is 16.0 Å². The summed E-state index contributed by atoms with van der Waals surface area (Å²) in [4.78, 5) is 3.67. The van der Waals surface area contributed by atoms with Gasteiger partial charge in [0.1, 0.15) is 5.75 Å². The van der Waals surface area contributed by atoms with Gasteiger partial charge in [0.05, 0.1) is 6.04 Å². The minimum absolute atomic E-state index is 0.374. The fraction of sp³-hybridized carbons (Fsp3) is 0.412. The second-order valence-corrected chi connectivity index (χ2v) is 6.86. The van der Waals surface area contributed by atoms with Crippen molar-refractivity contribution in [3.63, 3.8) is 0 Å². The maximum Gasteiger partial charge on any atom is 0.115 e. The van der Waals surface area contributed by atoms with E-state index in [1.807, 2.05) is 17.4 Å². The van der Waals surface area contributed by atoms with Crippen molar-refractivity contribution >= 4 is 11.3 Å². The van der Waals surface area contributed by atoms with Gasteiger partial charge in [0, 0.05) is 17.5 Å². The number of hydrogen-bond donors (Lipinski definition) is 2. The Morgan fingerprint density at radius 1 is 1.38 bits per heavy atom. The zero-order valence-electron chi connectivity index (χ0n) is 12.5. The van der Waals surface area contributed by atoms with Gasteiger partial charge in [-0.05, 0) is 61.6 Å². The molecule has 0 spiro atoms. The molecule has 1 aromatic heterocycles. The van der Waals surface area contributed by atoms with Gasteiger partial charge in [-0.2, -0.15) is 0 Å². The molecule has 2 atom stereocenters. The van der Waals surface area contributed by atoms with Crippen molar-refractivity contribution in [3.05, 3.63) is 51.7 Å². The molecular formula is C17H22N2OS. The number of rotatable bonds is 5. The predicted molar refractivity (Wildman–Crippen MR) is 87.9 cm³/mol. The molecule has 4 heteroatoms. The summed E-state index contributed by atoms with van der Waals surface area (Å²) in [5, 5.41) is 15.4. The topological polar surface area (TPSA) is 35.5 Å². The molecule has 2 N–H and O–H groups in total. The lowest BCUT2D eigenvalue weighted by Crippen LogP contribution is -2.32. The zero-order chi connectivity index (χ0) is 14.8. The first kappa shape index (κ1) is 14.6. The molecule has 0 radical (unpaired) electrons. The van der Waals surface area contributed by atoms with Crippen LogP contribution in [0, 0.1) is 0 Å². The Bertz CT molecular complexity index is 595. The smallest absolute Gasteiger partial charge is 0.115 e. The van der Waals surface area contributed by atoms with Crippen LogP contribution in [0.25, 0.3) is 0 Å². The Morgan fingerprint density at radius 3 is 2.95 bits per heavy atom. The first-order valence-electron chi connectivity index (χ1n) is 7.40. The van der Waals surface area contributed by atoms with Gasteiger partial charge < -0.3 is 15.3 Å². The van der Waals surface area contributed by atoms with E-state index in [0.717, 1.165) is 19.4 Å². The van der Waals surface area contributed by atoms with Crippen LogP contribution in [-0.4, -0.2) is 30.6 Å². The molecule has 1 heterocycles. The fourth-order valence-electron chi connectivity index (χ4n) is 3.09. The van der Waals surface area contributed by atoms with E-state index < -0.39 is 0 Å². The van der Waals surface area contributed by atoms with Gasteiger partial charge in [-0.1, -0.05) is 12.1 Å². The third-order valence-corrected chi connectivity index (χ3v) is 5.23. The maximum absolute atomic E-state index is 9.57. The number of thiophene rings is 1. The monoisotopic (exact) mass is 302 g/mol.